The van der Waals surface area contributed by atoms with E-state index in [1.807, 2.05) is 17.5 Å². The van der Waals surface area contributed by atoms with Crippen molar-refractivity contribution in [2.75, 3.05) is 5.32 Å². The highest BCUT2D eigenvalue weighted by Crippen LogP contribution is 2.35. The van der Waals surface area contributed by atoms with E-state index in [1.165, 1.54) is 16.0 Å². The van der Waals surface area contributed by atoms with Gasteiger partial charge in [0.05, 0.1) is 10.6 Å². The van der Waals surface area contributed by atoms with Gasteiger partial charge in [0.25, 0.3) is 0 Å². The third-order valence-electron chi connectivity index (χ3n) is 4.90. The predicted octanol–water partition coefficient (Wildman–Crippen LogP) is 3.08. The number of aromatic nitrogens is 2. The molecule has 0 atom stereocenters. The lowest BCUT2D eigenvalue weighted by atomic mass is 10.0. The van der Waals surface area contributed by atoms with Gasteiger partial charge >= 0.3 is 0 Å². The molecule has 0 aliphatic carbocycles. The molecule has 2 aromatic heterocycles. The molecule has 8 nitrogen and oxygen atoms in total. The molecule has 4 rings (SSSR count). The summed E-state index contributed by atoms with van der Waals surface area (Å²) in [6.07, 6.45) is 0.153. The lowest BCUT2D eigenvalue weighted by Gasteiger charge is -2.12. The third-order valence-corrected chi connectivity index (χ3v) is 7.32. The Hall–Kier alpha value is -2.82. The van der Waals surface area contributed by atoms with Crippen molar-refractivity contribution in [3.63, 3.8) is 0 Å². The normalized spacial score (nSPS) is 14.3. The van der Waals surface area contributed by atoms with Crippen LogP contribution in [0.3, 0.4) is 0 Å². The molecule has 0 radical (unpaired) electrons. The molecule has 156 valence electrons. The lowest BCUT2D eigenvalue weighted by Crippen LogP contribution is -2.23. The van der Waals surface area contributed by atoms with Crippen molar-refractivity contribution in [3.05, 3.63) is 51.8 Å². The number of rotatable bonds is 5. The fraction of sp³-hybridized carbons (Fsp3) is 0.250. The average molecular weight is 445 g/mol. The predicted molar refractivity (Wildman–Crippen MR) is 114 cm³/mol. The van der Waals surface area contributed by atoms with Crippen LogP contribution in [0.4, 0.5) is 5.82 Å². The van der Waals surface area contributed by atoms with E-state index in [0.29, 0.717) is 22.4 Å². The molecule has 10 heteroatoms. The molecule has 0 fully saturated rings. The van der Waals surface area contributed by atoms with Gasteiger partial charge in [-0.3, -0.25) is 9.59 Å². The summed E-state index contributed by atoms with van der Waals surface area (Å²) in [7, 11) is -3.77. The monoisotopic (exact) mass is 444 g/mol. The maximum Gasteiger partial charge on any atom is 0.249 e. The summed E-state index contributed by atoms with van der Waals surface area (Å²) in [4.78, 5) is 25.4. The standard InChI is InChI=1S/C20H20N4O4S2/c1-12-5-6-14(10-16(12)30(27,28)21-11-15-4-3-9-29-15)19-13(2)23-24-18(26)8-7-17(25)22-20(19)24/h3-6,9-10,21H,7-8,11H2,1-2H3,(H,22,25). The zero-order valence-corrected chi connectivity index (χ0v) is 18.1. The number of thiophene rings is 1. The number of hydrogen-bond donors (Lipinski definition) is 2. The molecule has 1 amide bonds. The molecule has 0 saturated heterocycles. The number of carbonyl (C=O) groups is 2. The molecule has 30 heavy (non-hydrogen) atoms. The van der Waals surface area contributed by atoms with Gasteiger partial charge in [0, 0.05) is 29.8 Å². The number of nitrogens with zero attached hydrogens (tertiary/aromatic N) is 2. The Bertz CT molecular complexity index is 1240. The minimum atomic E-state index is -3.77. The van der Waals surface area contributed by atoms with E-state index in [-0.39, 0.29) is 41.9 Å². The van der Waals surface area contributed by atoms with Gasteiger partial charge in [0.2, 0.25) is 21.8 Å². The van der Waals surface area contributed by atoms with Gasteiger partial charge in [0.1, 0.15) is 5.82 Å². The number of sulfonamides is 1. The summed E-state index contributed by atoms with van der Waals surface area (Å²) in [6, 6.07) is 8.75. The van der Waals surface area contributed by atoms with Crippen molar-refractivity contribution in [3.8, 4) is 11.1 Å². The van der Waals surface area contributed by atoms with Crippen molar-refractivity contribution in [2.45, 2.75) is 38.1 Å². The first-order chi connectivity index (χ1) is 14.3. The minimum absolute atomic E-state index is 0.0690. The number of fused-ring (bicyclic) bond motifs is 1. The quantitative estimate of drug-likeness (QED) is 0.628. The maximum atomic E-state index is 13.0. The summed E-state index contributed by atoms with van der Waals surface area (Å²) in [5.41, 5.74) is 2.21. The lowest BCUT2D eigenvalue weighted by molar-refractivity contribution is -0.116. The van der Waals surface area contributed by atoms with E-state index in [1.54, 1.807) is 32.0 Å². The first-order valence-electron chi connectivity index (χ1n) is 9.32. The Labute approximate surface area is 178 Å². The molecule has 3 aromatic rings. The van der Waals surface area contributed by atoms with Crippen molar-refractivity contribution >= 4 is 39.0 Å². The highest BCUT2D eigenvalue weighted by atomic mass is 32.2. The summed E-state index contributed by atoms with van der Waals surface area (Å²) in [5.74, 6) is -0.283. The molecule has 0 bridgehead atoms. The Morgan fingerprint density at radius 1 is 1.20 bits per heavy atom. The molecule has 1 aliphatic heterocycles. The molecular weight excluding hydrogens is 424 g/mol. The number of hydrogen-bond acceptors (Lipinski definition) is 6. The van der Waals surface area contributed by atoms with Crippen LogP contribution < -0.4 is 10.0 Å². The van der Waals surface area contributed by atoms with E-state index in [2.05, 4.69) is 15.1 Å². The summed E-state index contributed by atoms with van der Waals surface area (Å²) < 4.78 is 29.7. The first kappa shape index (κ1) is 20.5. The second-order valence-corrected chi connectivity index (χ2v) is 9.81. The summed E-state index contributed by atoms with van der Waals surface area (Å²) >= 11 is 1.47. The second-order valence-electron chi connectivity index (χ2n) is 7.05. The van der Waals surface area contributed by atoms with Crippen LogP contribution in [0, 0.1) is 13.8 Å². The molecule has 0 unspecified atom stereocenters. The van der Waals surface area contributed by atoms with Gasteiger partial charge in [-0.25, -0.2) is 13.1 Å². The Morgan fingerprint density at radius 3 is 2.73 bits per heavy atom. The van der Waals surface area contributed by atoms with Gasteiger partial charge in [-0.05, 0) is 42.5 Å². The number of benzene rings is 1. The van der Waals surface area contributed by atoms with Gasteiger partial charge < -0.3 is 5.32 Å². The summed E-state index contributed by atoms with van der Waals surface area (Å²) in [5, 5.41) is 8.90. The Kier molecular flexibility index (Phi) is 5.31. The number of amides is 1. The Balaban J connectivity index is 1.76. The third kappa shape index (κ3) is 3.81. The van der Waals surface area contributed by atoms with Crippen LogP contribution in [0.15, 0.2) is 40.6 Å². The minimum Gasteiger partial charge on any atom is -0.310 e. The van der Waals surface area contributed by atoms with Gasteiger partial charge in [0.15, 0.2) is 0 Å². The highest BCUT2D eigenvalue weighted by Gasteiger charge is 2.27. The summed E-state index contributed by atoms with van der Waals surface area (Å²) in [6.45, 7) is 3.65. The van der Waals surface area contributed by atoms with Crippen LogP contribution >= 0.6 is 11.3 Å². The molecular formula is C20H20N4O4S2. The number of aryl methyl sites for hydroxylation is 2. The van der Waals surface area contributed by atoms with Gasteiger partial charge in [-0.2, -0.15) is 9.78 Å². The fourth-order valence-corrected chi connectivity index (χ4v) is 5.40. The fourth-order valence-electron chi connectivity index (χ4n) is 3.39. The van der Waals surface area contributed by atoms with Crippen molar-refractivity contribution in [1.82, 2.24) is 14.5 Å². The number of nitrogens with one attached hydrogen (secondary N) is 2. The average Bonchev–Trinajstić information content (AvgIpc) is 3.30. The van der Waals surface area contributed by atoms with Crippen LogP contribution in [-0.2, 0) is 21.4 Å². The van der Waals surface area contributed by atoms with E-state index in [0.717, 1.165) is 4.88 Å². The van der Waals surface area contributed by atoms with E-state index in [9.17, 15) is 18.0 Å². The van der Waals surface area contributed by atoms with Crippen LogP contribution in [0.2, 0.25) is 0 Å². The van der Waals surface area contributed by atoms with Crippen molar-refractivity contribution in [2.24, 2.45) is 0 Å². The van der Waals surface area contributed by atoms with Crippen molar-refractivity contribution in [1.29, 1.82) is 0 Å². The van der Waals surface area contributed by atoms with Crippen LogP contribution in [-0.4, -0.2) is 30.0 Å². The van der Waals surface area contributed by atoms with Gasteiger partial charge in [-0.15, -0.1) is 11.3 Å². The molecule has 0 spiro atoms. The van der Waals surface area contributed by atoms with Crippen molar-refractivity contribution < 1.29 is 18.0 Å². The smallest absolute Gasteiger partial charge is 0.249 e. The molecule has 2 N–H and O–H groups in total. The Morgan fingerprint density at radius 2 is 2.00 bits per heavy atom. The molecule has 0 saturated carbocycles. The van der Waals surface area contributed by atoms with Gasteiger partial charge in [-0.1, -0.05) is 18.2 Å². The highest BCUT2D eigenvalue weighted by molar-refractivity contribution is 7.89. The van der Waals surface area contributed by atoms with Crippen LogP contribution in [0.1, 0.15) is 33.8 Å². The molecule has 1 aromatic carbocycles. The SMILES string of the molecule is Cc1ccc(-c2c(C)nn3c2NC(=O)CCC3=O)cc1S(=O)(=O)NCc1cccs1. The molecule has 3 heterocycles. The first-order valence-corrected chi connectivity index (χ1v) is 11.7. The van der Waals surface area contributed by atoms with E-state index in [4.69, 9.17) is 0 Å². The number of anilines is 1. The van der Waals surface area contributed by atoms with Crippen LogP contribution in [0.5, 0.6) is 0 Å². The maximum absolute atomic E-state index is 13.0. The zero-order valence-electron chi connectivity index (χ0n) is 16.4. The number of carbonyl (C=O) groups excluding carboxylic acids is 2. The van der Waals surface area contributed by atoms with E-state index >= 15 is 0 Å². The zero-order chi connectivity index (χ0) is 21.5. The second kappa shape index (κ2) is 7.78. The van der Waals surface area contributed by atoms with Crippen LogP contribution in [0.25, 0.3) is 11.1 Å². The largest absolute Gasteiger partial charge is 0.310 e. The van der Waals surface area contributed by atoms with E-state index < -0.39 is 10.0 Å². The topological polar surface area (TPSA) is 110 Å². The molecule has 1 aliphatic rings.